The second-order valence-electron chi connectivity index (χ2n) is 6.20. The average molecular weight is 441 g/mol. The van der Waals surface area contributed by atoms with Gasteiger partial charge in [-0.05, 0) is 29.8 Å². The zero-order valence-corrected chi connectivity index (χ0v) is 17.5. The minimum absolute atomic E-state index is 0.0530. The molecule has 2 aromatic carbocycles. The van der Waals surface area contributed by atoms with E-state index >= 15 is 0 Å². The van der Waals surface area contributed by atoms with Crippen LogP contribution in [0.1, 0.15) is 25.2 Å². The van der Waals surface area contributed by atoms with Crippen LogP contribution in [0.4, 0.5) is 4.39 Å². The molecule has 0 fully saturated rings. The molecule has 0 unspecified atom stereocenters. The molecule has 0 atom stereocenters. The van der Waals surface area contributed by atoms with E-state index in [1.165, 1.54) is 19.1 Å². The van der Waals surface area contributed by atoms with Crippen LogP contribution >= 0.6 is 34.8 Å². The van der Waals surface area contributed by atoms with Crippen molar-refractivity contribution in [3.05, 3.63) is 68.8 Å². The SMILES string of the molecule is CCc1nc(-c2ccc(Cl)c(F)c2)cn1-c1c(Cl)cc(Cl)cc1CNC(C)=O. The average Bonchev–Trinajstić information content (AvgIpc) is 3.05. The summed E-state index contributed by atoms with van der Waals surface area (Å²) in [4.78, 5) is 16.0. The number of imidazole rings is 1. The van der Waals surface area contributed by atoms with Crippen molar-refractivity contribution in [1.29, 1.82) is 0 Å². The molecule has 0 aliphatic carbocycles. The Kier molecular flexibility index (Phi) is 6.28. The molecule has 3 aromatic rings. The third-order valence-electron chi connectivity index (χ3n) is 4.19. The van der Waals surface area contributed by atoms with E-state index in [1.54, 1.807) is 24.4 Å². The maximum Gasteiger partial charge on any atom is 0.217 e. The van der Waals surface area contributed by atoms with Gasteiger partial charge >= 0.3 is 0 Å². The Morgan fingerprint density at radius 2 is 1.93 bits per heavy atom. The van der Waals surface area contributed by atoms with Gasteiger partial charge in [0.25, 0.3) is 0 Å². The van der Waals surface area contributed by atoms with Crippen LogP contribution in [-0.4, -0.2) is 15.5 Å². The van der Waals surface area contributed by atoms with E-state index in [4.69, 9.17) is 34.8 Å². The van der Waals surface area contributed by atoms with Gasteiger partial charge in [0.2, 0.25) is 5.91 Å². The fourth-order valence-corrected chi connectivity index (χ4v) is 3.64. The maximum absolute atomic E-state index is 13.9. The van der Waals surface area contributed by atoms with Gasteiger partial charge in [0.05, 0.1) is 21.4 Å². The topological polar surface area (TPSA) is 46.9 Å². The lowest BCUT2D eigenvalue weighted by Gasteiger charge is -2.15. The van der Waals surface area contributed by atoms with Crippen LogP contribution in [0.5, 0.6) is 0 Å². The number of hydrogen-bond acceptors (Lipinski definition) is 2. The number of amides is 1. The first kappa shape index (κ1) is 20.6. The highest BCUT2D eigenvalue weighted by Gasteiger charge is 2.17. The molecule has 0 spiro atoms. The summed E-state index contributed by atoms with van der Waals surface area (Å²) in [5.41, 5.74) is 2.60. The van der Waals surface area contributed by atoms with Crippen LogP contribution in [0.15, 0.2) is 36.5 Å². The van der Waals surface area contributed by atoms with Gasteiger partial charge in [0.1, 0.15) is 11.6 Å². The summed E-state index contributed by atoms with van der Waals surface area (Å²) in [5.74, 6) is 0.0574. The molecule has 0 saturated heterocycles. The van der Waals surface area contributed by atoms with E-state index in [0.29, 0.717) is 33.4 Å². The monoisotopic (exact) mass is 439 g/mol. The molecule has 0 aliphatic rings. The Labute approximate surface area is 177 Å². The molecule has 1 aromatic heterocycles. The van der Waals surface area contributed by atoms with Crippen molar-refractivity contribution >= 4 is 40.7 Å². The Balaban J connectivity index is 2.14. The quantitative estimate of drug-likeness (QED) is 0.542. The number of carbonyl (C=O) groups is 1. The molecule has 28 heavy (non-hydrogen) atoms. The summed E-state index contributed by atoms with van der Waals surface area (Å²) in [6.45, 7) is 3.66. The van der Waals surface area contributed by atoms with Crippen LogP contribution in [0.3, 0.4) is 0 Å². The van der Waals surface area contributed by atoms with Crippen LogP contribution < -0.4 is 5.32 Å². The Morgan fingerprint density at radius 3 is 2.57 bits per heavy atom. The molecule has 1 amide bonds. The number of aryl methyl sites for hydroxylation is 1. The summed E-state index contributed by atoms with van der Waals surface area (Å²) in [6.07, 6.45) is 2.41. The predicted molar refractivity (Wildman–Crippen MR) is 111 cm³/mol. The number of hydrogen-bond donors (Lipinski definition) is 1. The lowest BCUT2D eigenvalue weighted by atomic mass is 10.1. The summed E-state index contributed by atoms with van der Waals surface area (Å²) >= 11 is 18.4. The van der Waals surface area contributed by atoms with E-state index in [2.05, 4.69) is 10.3 Å². The molecule has 1 heterocycles. The van der Waals surface area contributed by atoms with Gasteiger partial charge in [-0.3, -0.25) is 4.79 Å². The highest BCUT2D eigenvalue weighted by molar-refractivity contribution is 6.36. The number of nitrogens with one attached hydrogen (secondary N) is 1. The van der Waals surface area contributed by atoms with Crippen molar-refractivity contribution in [3.8, 4) is 16.9 Å². The second-order valence-corrected chi connectivity index (χ2v) is 7.45. The molecule has 4 nitrogen and oxygen atoms in total. The summed E-state index contributed by atoms with van der Waals surface area (Å²) in [5, 5.41) is 3.70. The van der Waals surface area contributed by atoms with Crippen molar-refractivity contribution < 1.29 is 9.18 Å². The van der Waals surface area contributed by atoms with E-state index in [9.17, 15) is 9.18 Å². The standard InChI is InChI=1S/C20H17Cl3FN3O/c1-3-19-26-18(12-4-5-15(22)17(24)7-12)10-27(19)20-13(9-25-11(2)28)6-14(21)8-16(20)23/h4-8,10H,3,9H2,1-2H3,(H,25,28). The van der Waals surface area contributed by atoms with Crippen LogP contribution in [0, 0.1) is 5.82 Å². The van der Waals surface area contributed by atoms with Gasteiger partial charge < -0.3 is 9.88 Å². The molecule has 0 radical (unpaired) electrons. The van der Waals surface area contributed by atoms with Gasteiger partial charge in [-0.15, -0.1) is 0 Å². The third kappa shape index (κ3) is 4.32. The molecule has 1 N–H and O–H groups in total. The predicted octanol–water partition coefficient (Wildman–Crippen LogP) is 5.84. The minimum Gasteiger partial charge on any atom is -0.352 e. The van der Waals surface area contributed by atoms with Crippen molar-refractivity contribution in [2.24, 2.45) is 0 Å². The summed E-state index contributed by atoms with van der Waals surface area (Å²) in [6, 6.07) is 7.93. The lowest BCUT2D eigenvalue weighted by molar-refractivity contribution is -0.119. The Hall–Kier alpha value is -2.08. The first-order valence-corrected chi connectivity index (χ1v) is 9.70. The highest BCUT2D eigenvalue weighted by atomic mass is 35.5. The molecule has 8 heteroatoms. The fraction of sp³-hybridized carbons (Fsp3) is 0.200. The number of carbonyl (C=O) groups excluding carboxylic acids is 1. The number of benzene rings is 2. The van der Waals surface area contributed by atoms with Crippen molar-refractivity contribution in [2.45, 2.75) is 26.8 Å². The van der Waals surface area contributed by atoms with Gasteiger partial charge in [0, 0.05) is 36.7 Å². The van der Waals surface area contributed by atoms with E-state index in [1.807, 2.05) is 11.5 Å². The molecule has 0 aliphatic heterocycles. The van der Waals surface area contributed by atoms with Gasteiger partial charge in [-0.2, -0.15) is 0 Å². The summed E-state index contributed by atoms with van der Waals surface area (Å²) < 4.78 is 15.7. The number of nitrogens with zero attached hydrogens (tertiary/aromatic N) is 2. The number of aromatic nitrogens is 2. The maximum atomic E-state index is 13.9. The first-order chi connectivity index (χ1) is 13.3. The Bertz CT molecular complexity index is 1050. The van der Waals surface area contributed by atoms with E-state index in [0.717, 1.165) is 11.4 Å². The smallest absolute Gasteiger partial charge is 0.217 e. The van der Waals surface area contributed by atoms with Crippen LogP contribution in [-0.2, 0) is 17.8 Å². The first-order valence-electron chi connectivity index (χ1n) is 8.56. The molecule has 3 rings (SSSR count). The van der Waals surface area contributed by atoms with E-state index in [-0.39, 0.29) is 17.5 Å². The van der Waals surface area contributed by atoms with Gasteiger partial charge in [-0.25, -0.2) is 9.37 Å². The molecular weight excluding hydrogens is 424 g/mol. The lowest BCUT2D eigenvalue weighted by Crippen LogP contribution is -2.20. The summed E-state index contributed by atoms with van der Waals surface area (Å²) in [7, 11) is 0. The van der Waals surface area contributed by atoms with E-state index < -0.39 is 5.82 Å². The van der Waals surface area contributed by atoms with Gasteiger partial charge in [0.15, 0.2) is 0 Å². The molecule has 0 saturated carbocycles. The third-order valence-corrected chi connectivity index (χ3v) is 5.00. The van der Waals surface area contributed by atoms with Crippen molar-refractivity contribution in [2.75, 3.05) is 0 Å². The molecule has 0 bridgehead atoms. The zero-order chi connectivity index (χ0) is 20.4. The minimum atomic E-state index is -0.511. The number of rotatable bonds is 5. The van der Waals surface area contributed by atoms with Crippen molar-refractivity contribution in [3.63, 3.8) is 0 Å². The largest absolute Gasteiger partial charge is 0.352 e. The van der Waals surface area contributed by atoms with Crippen LogP contribution in [0.2, 0.25) is 15.1 Å². The van der Waals surface area contributed by atoms with Gasteiger partial charge in [-0.1, -0.05) is 47.8 Å². The van der Waals surface area contributed by atoms with Crippen molar-refractivity contribution in [1.82, 2.24) is 14.9 Å². The molecule has 146 valence electrons. The fourth-order valence-electron chi connectivity index (χ4n) is 2.90. The highest BCUT2D eigenvalue weighted by Crippen LogP contribution is 2.32. The normalized spacial score (nSPS) is 10.9. The van der Waals surface area contributed by atoms with Crippen LogP contribution in [0.25, 0.3) is 16.9 Å². The second kappa shape index (κ2) is 8.52. The Morgan fingerprint density at radius 1 is 1.18 bits per heavy atom. The zero-order valence-electron chi connectivity index (χ0n) is 15.2. The number of halogens is 4. The molecular formula is C20H17Cl3FN3O.